The first-order chi connectivity index (χ1) is 14.2. The van der Waals surface area contributed by atoms with Crippen LogP contribution in [0.15, 0.2) is 0 Å². The number of hydrogen-bond acceptors (Lipinski definition) is 2. The summed E-state index contributed by atoms with van der Waals surface area (Å²) >= 11 is 0. The molecule has 0 bridgehead atoms. The summed E-state index contributed by atoms with van der Waals surface area (Å²) < 4.78 is 5.83. The van der Waals surface area contributed by atoms with Gasteiger partial charge in [-0.1, -0.05) is 52.4 Å². The van der Waals surface area contributed by atoms with Crippen LogP contribution < -0.4 is 0 Å². The van der Waals surface area contributed by atoms with Gasteiger partial charge in [0.15, 0.2) is 0 Å². The Kier molecular flexibility index (Phi) is 9.86. The standard InChI is InChI=1S/C27H48O2/c1-3-5-8-21-12-14-22(15-13-21)23-16-18-24(19-17-23)25-9-7-10-26(20-25)29-27(28)11-6-4-2/h21-26H,3-20H2,1-2H3/t21-,22-,23?,24?,25-,26+/m0/s1. The van der Waals surface area contributed by atoms with Crippen LogP contribution in [0, 0.1) is 29.6 Å². The van der Waals surface area contributed by atoms with Crippen LogP contribution in [0.25, 0.3) is 0 Å². The largest absolute Gasteiger partial charge is 0.462 e. The molecule has 29 heavy (non-hydrogen) atoms. The highest BCUT2D eigenvalue weighted by Crippen LogP contribution is 2.46. The van der Waals surface area contributed by atoms with E-state index in [1.807, 2.05) is 0 Å². The van der Waals surface area contributed by atoms with Crippen molar-refractivity contribution in [2.24, 2.45) is 29.6 Å². The Morgan fingerprint density at radius 2 is 1.31 bits per heavy atom. The maximum Gasteiger partial charge on any atom is 0.306 e. The summed E-state index contributed by atoms with van der Waals surface area (Å²) in [6.45, 7) is 4.47. The molecular weight excluding hydrogens is 356 g/mol. The molecule has 2 atom stereocenters. The number of ether oxygens (including phenoxy) is 1. The van der Waals surface area contributed by atoms with E-state index in [1.54, 1.807) is 0 Å². The molecule has 2 heteroatoms. The van der Waals surface area contributed by atoms with E-state index in [1.165, 1.54) is 83.5 Å². The van der Waals surface area contributed by atoms with Crippen LogP contribution in [-0.4, -0.2) is 12.1 Å². The molecule has 0 aliphatic heterocycles. The molecule has 0 heterocycles. The lowest BCUT2D eigenvalue weighted by Gasteiger charge is -2.41. The first-order valence-corrected chi connectivity index (χ1v) is 13.4. The second-order valence-electron chi connectivity index (χ2n) is 10.7. The molecule has 0 saturated heterocycles. The fraction of sp³-hybridized carbons (Fsp3) is 0.963. The van der Waals surface area contributed by atoms with Crippen LogP contribution in [-0.2, 0) is 9.53 Å². The topological polar surface area (TPSA) is 26.3 Å². The summed E-state index contributed by atoms with van der Waals surface area (Å²) in [7, 11) is 0. The van der Waals surface area contributed by atoms with Gasteiger partial charge in [0, 0.05) is 6.42 Å². The highest BCUT2D eigenvalue weighted by molar-refractivity contribution is 5.69. The van der Waals surface area contributed by atoms with Crippen molar-refractivity contribution in [1.82, 2.24) is 0 Å². The van der Waals surface area contributed by atoms with E-state index in [0.29, 0.717) is 6.42 Å². The van der Waals surface area contributed by atoms with Crippen molar-refractivity contribution >= 4 is 5.97 Å². The van der Waals surface area contributed by atoms with Gasteiger partial charge in [0.05, 0.1) is 0 Å². The Bertz CT molecular complexity index is 457. The smallest absolute Gasteiger partial charge is 0.306 e. The fourth-order valence-electron chi connectivity index (χ4n) is 6.81. The van der Waals surface area contributed by atoms with E-state index in [9.17, 15) is 4.79 Å². The highest BCUT2D eigenvalue weighted by atomic mass is 16.5. The zero-order chi connectivity index (χ0) is 20.5. The van der Waals surface area contributed by atoms with Gasteiger partial charge in [0.25, 0.3) is 0 Å². The van der Waals surface area contributed by atoms with Gasteiger partial charge >= 0.3 is 5.97 Å². The number of carbonyl (C=O) groups is 1. The van der Waals surface area contributed by atoms with Gasteiger partial charge in [0.2, 0.25) is 0 Å². The summed E-state index contributed by atoms with van der Waals surface area (Å²) in [5, 5.41) is 0. The van der Waals surface area contributed by atoms with Crippen LogP contribution >= 0.6 is 0 Å². The zero-order valence-corrected chi connectivity index (χ0v) is 19.5. The first kappa shape index (κ1) is 23.1. The number of rotatable bonds is 9. The van der Waals surface area contributed by atoms with Crippen LogP contribution in [0.1, 0.15) is 129 Å². The van der Waals surface area contributed by atoms with E-state index < -0.39 is 0 Å². The number of carbonyl (C=O) groups excluding carboxylic acids is 1. The SMILES string of the molecule is CCCCC(=O)O[C@@H]1CCC[C@H](C2CCC([C@H]3CC[C@H](CCCC)CC3)CC2)C1. The summed E-state index contributed by atoms with van der Waals surface area (Å²) in [4.78, 5) is 12.0. The van der Waals surface area contributed by atoms with E-state index in [2.05, 4.69) is 13.8 Å². The molecule has 0 aromatic carbocycles. The van der Waals surface area contributed by atoms with E-state index in [4.69, 9.17) is 4.74 Å². The zero-order valence-electron chi connectivity index (χ0n) is 19.5. The first-order valence-electron chi connectivity index (χ1n) is 13.4. The number of esters is 1. The van der Waals surface area contributed by atoms with Crippen LogP contribution in [0.4, 0.5) is 0 Å². The number of unbranched alkanes of at least 4 members (excludes halogenated alkanes) is 2. The second-order valence-corrected chi connectivity index (χ2v) is 10.7. The highest BCUT2D eigenvalue weighted by Gasteiger charge is 2.35. The third kappa shape index (κ3) is 7.28. The molecule has 0 unspecified atom stereocenters. The van der Waals surface area contributed by atoms with Crippen molar-refractivity contribution in [3.8, 4) is 0 Å². The molecule has 3 fully saturated rings. The maximum atomic E-state index is 12.0. The monoisotopic (exact) mass is 404 g/mol. The van der Waals surface area contributed by atoms with Crippen LogP contribution in [0.5, 0.6) is 0 Å². The predicted octanol–water partition coefficient (Wildman–Crippen LogP) is 8.08. The molecular formula is C27H48O2. The molecule has 0 aromatic heterocycles. The Morgan fingerprint density at radius 1 is 0.724 bits per heavy atom. The van der Waals surface area contributed by atoms with Gasteiger partial charge in [0.1, 0.15) is 6.10 Å². The van der Waals surface area contributed by atoms with Crippen molar-refractivity contribution in [3.05, 3.63) is 0 Å². The van der Waals surface area contributed by atoms with E-state index in [0.717, 1.165) is 55.3 Å². The van der Waals surface area contributed by atoms with Gasteiger partial charge in [-0.25, -0.2) is 0 Å². The lowest BCUT2D eigenvalue weighted by molar-refractivity contribution is -0.152. The molecule has 0 radical (unpaired) electrons. The van der Waals surface area contributed by atoms with Gasteiger partial charge in [-0.15, -0.1) is 0 Å². The Morgan fingerprint density at radius 3 is 1.93 bits per heavy atom. The summed E-state index contributed by atoms with van der Waals surface area (Å²) in [5.74, 6) is 4.87. The average Bonchev–Trinajstić information content (AvgIpc) is 2.77. The molecule has 3 saturated carbocycles. The lowest BCUT2D eigenvalue weighted by atomic mass is 9.65. The summed E-state index contributed by atoms with van der Waals surface area (Å²) in [6.07, 6.45) is 24.0. The van der Waals surface area contributed by atoms with Crippen molar-refractivity contribution in [2.45, 2.75) is 136 Å². The van der Waals surface area contributed by atoms with Gasteiger partial charge in [-0.2, -0.15) is 0 Å². The molecule has 0 N–H and O–H groups in total. The minimum Gasteiger partial charge on any atom is -0.462 e. The second kappa shape index (κ2) is 12.4. The van der Waals surface area contributed by atoms with Gasteiger partial charge in [-0.3, -0.25) is 4.79 Å². The molecule has 0 aromatic rings. The van der Waals surface area contributed by atoms with Crippen LogP contribution in [0.3, 0.4) is 0 Å². The molecule has 0 spiro atoms. The summed E-state index contributed by atoms with van der Waals surface area (Å²) in [5.41, 5.74) is 0. The predicted molar refractivity (Wildman–Crippen MR) is 122 cm³/mol. The molecule has 3 rings (SSSR count). The maximum absolute atomic E-state index is 12.0. The average molecular weight is 405 g/mol. The quantitative estimate of drug-likeness (QED) is 0.363. The van der Waals surface area contributed by atoms with Gasteiger partial charge < -0.3 is 4.74 Å². The molecule has 3 aliphatic carbocycles. The van der Waals surface area contributed by atoms with Crippen LogP contribution in [0.2, 0.25) is 0 Å². The number of hydrogen-bond donors (Lipinski definition) is 0. The summed E-state index contributed by atoms with van der Waals surface area (Å²) in [6, 6.07) is 0. The fourth-order valence-corrected chi connectivity index (χ4v) is 6.81. The van der Waals surface area contributed by atoms with E-state index in [-0.39, 0.29) is 12.1 Å². The normalized spacial score (nSPS) is 35.9. The van der Waals surface area contributed by atoms with E-state index >= 15 is 0 Å². The molecule has 0 amide bonds. The Labute approximate surface area is 180 Å². The molecule has 2 nitrogen and oxygen atoms in total. The van der Waals surface area contributed by atoms with Crippen molar-refractivity contribution in [1.29, 1.82) is 0 Å². The lowest BCUT2D eigenvalue weighted by Crippen LogP contribution is -2.32. The third-order valence-electron chi connectivity index (χ3n) is 8.71. The third-order valence-corrected chi connectivity index (χ3v) is 8.71. The van der Waals surface area contributed by atoms with Gasteiger partial charge in [-0.05, 0) is 100 Å². The van der Waals surface area contributed by atoms with Crippen molar-refractivity contribution in [2.75, 3.05) is 0 Å². The molecule has 168 valence electrons. The Hall–Kier alpha value is -0.530. The van der Waals surface area contributed by atoms with Crippen molar-refractivity contribution in [3.63, 3.8) is 0 Å². The minimum atomic E-state index is 0.0516. The molecule has 3 aliphatic rings. The Balaban J connectivity index is 1.36. The van der Waals surface area contributed by atoms with Crippen molar-refractivity contribution < 1.29 is 9.53 Å². The minimum absolute atomic E-state index is 0.0516.